The fourth-order valence-electron chi connectivity index (χ4n) is 2.96. The number of fused-ring (bicyclic) bond motifs is 1. The third-order valence-electron chi connectivity index (χ3n) is 3.89. The van der Waals surface area contributed by atoms with Crippen molar-refractivity contribution in [2.45, 2.75) is 26.3 Å². The Morgan fingerprint density at radius 3 is 2.67 bits per heavy atom. The lowest BCUT2D eigenvalue weighted by molar-refractivity contribution is -0.138. The second-order valence-electron chi connectivity index (χ2n) is 4.83. The number of likely N-dealkylation sites (tertiary alicyclic amines) is 1. The number of likely N-dealkylation sites (N-methyl/N-ethyl adjacent to an activating group) is 1. The minimum Gasteiger partial charge on any atom is -0.336 e. The topological polar surface area (TPSA) is 57.7 Å². The Balaban J connectivity index is 2.35. The highest BCUT2D eigenvalue weighted by atomic mass is 16.2. The highest BCUT2D eigenvalue weighted by Gasteiger charge is 2.51. The van der Waals surface area contributed by atoms with Crippen LogP contribution in [-0.4, -0.2) is 47.2 Å². The lowest BCUT2D eigenvalue weighted by Crippen LogP contribution is -2.47. The molecule has 1 aliphatic heterocycles. The number of amides is 3. The number of carbonyl (C=O) groups excluding carboxylic acids is 3. The number of allylic oxidation sites excluding steroid dienone is 1. The fraction of sp³-hybridized carbons (Fsp3) is 0.615. The third-order valence-corrected chi connectivity index (χ3v) is 3.89. The summed E-state index contributed by atoms with van der Waals surface area (Å²) in [5, 5.41) is 0. The molecule has 0 aromatic heterocycles. The standard InChI is InChI=1S/C13H18N2O3/c1-4-15(8(2)16)10-7-5-6-9-11(10)13(18)14(3)12(9)17/h5,7,9-11H,4,6H2,1-3H3/t9-,10+,11-/m0/s1. The molecule has 0 saturated carbocycles. The molecule has 0 aromatic rings. The summed E-state index contributed by atoms with van der Waals surface area (Å²) in [6.07, 6.45) is 4.38. The Morgan fingerprint density at radius 2 is 2.11 bits per heavy atom. The molecule has 0 N–H and O–H groups in total. The number of nitrogens with zero attached hydrogens (tertiary/aromatic N) is 2. The Bertz CT molecular complexity index is 430. The average molecular weight is 250 g/mol. The second-order valence-corrected chi connectivity index (χ2v) is 4.83. The van der Waals surface area contributed by atoms with Gasteiger partial charge in [-0.15, -0.1) is 0 Å². The van der Waals surface area contributed by atoms with Crippen molar-refractivity contribution in [3.05, 3.63) is 12.2 Å². The largest absolute Gasteiger partial charge is 0.336 e. The summed E-state index contributed by atoms with van der Waals surface area (Å²) in [5.41, 5.74) is 0. The van der Waals surface area contributed by atoms with E-state index in [1.165, 1.54) is 18.9 Å². The maximum Gasteiger partial charge on any atom is 0.235 e. The Kier molecular flexibility index (Phi) is 3.24. The number of hydrogen-bond acceptors (Lipinski definition) is 3. The van der Waals surface area contributed by atoms with Gasteiger partial charge in [0, 0.05) is 20.5 Å². The van der Waals surface area contributed by atoms with E-state index in [1.54, 1.807) is 4.90 Å². The molecule has 3 amide bonds. The monoisotopic (exact) mass is 250 g/mol. The third kappa shape index (κ3) is 1.74. The first-order valence-electron chi connectivity index (χ1n) is 6.24. The van der Waals surface area contributed by atoms with Crippen LogP contribution in [0.1, 0.15) is 20.3 Å². The summed E-state index contributed by atoms with van der Waals surface area (Å²) in [7, 11) is 1.52. The molecule has 0 radical (unpaired) electrons. The number of rotatable bonds is 2. The van der Waals surface area contributed by atoms with Crippen LogP contribution in [0.25, 0.3) is 0 Å². The summed E-state index contributed by atoms with van der Waals surface area (Å²) in [4.78, 5) is 38.5. The van der Waals surface area contributed by atoms with E-state index in [1.807, 2.05) is 19.1 Å². The zero-order chi connectivity index (χ0) is 13.4. The first-order chi connectivity index (χ1) is 8.49. The summed E-state index contributed by atoms with van der Waals surface area (Å²) in [6, 6.07) is -0.285. The SMILES string of the molecule is CCN(C(C)=O)[C@@H]1C=CC[C@@H]2C(=O)N(C)C(=O)[C@@H]21. The summed E-state index contributed by atoms with van der Waals surface area (Å²) < 4.78 is 0. The molecule has 5 nitrogen and oxygen atoms in total. The Morgan fingerprint density at radius 1 is 1.44 bits per heavy atom. The first-order valence-corrected chi connectivity index (χ1v) is 6.24. The fourth-order valence-corrected chi connectivity index (χ4v) is 2.96. The summed E-state index contributed by atoms with van der Waals surface area (Å²) in [5.74, 6) is -1.07. The van der Waals surface area contributed by atoms with E-state index < -0.39 is 5.92 Å². The van der Waals surface area contributed by atoms with E-state index in [-0.39, 0.29) is 29.7 Å². The first kappa shape index (κ1) is 12.8. The highest BCUT2D eigenvalue weighted by Crippen LogP contribution is 2.36. The predicted octanol–water partition coefficient (Wildman–Crippen LogP) is 0.414. The maximum absolute atomic E-state index is 12.1. The number of carbonyl (C=O) groups is 3. The van der Waals surface area contributed by atoms with Crippen molar-refractivity contribution < 1.29 is 14.4 Å². The molecule has 0 bridgehead atoms. The van der Waals surface area contributed by atoms with Crippen LogP contribution in [0.5, 0.6) is 0 Å². The van der Waals surface area contributed by atoms with Crippen molar-refractivity contribution in [1.29, 1.82) is 0 Å². The van der Waals surface area contributed by atoms with E-state index in [0.29, 0.717) is 13.0 Å². The van der Waals surface area contributed by atoms with Crippen LogP contribution in [0.2, 0.25) is 0 Å². The molecule has 1 fully saturated rings. The van der Waals surface area contributed by atoms with Gasteiger partial charge in [0.05, 0.1) is 17.9 Å². The van der Waals surface area contributed by atoms with Gasteiger partial charge in [-0.2, -0.15) is 0 Å². The Hall–Kier alpha value is -1.65. The van der Waals surface area contributed by atoms with Crippen molar-refractivity contribution in [1.82, 2.24) is 9.80 Å². The molecule has 0 spiro atoms. The summed E-state index contributed by atoms with van der Waals surface area (Å²) in [6.45, 7) is 3.91. The van der Waals surface area contributed by atoms with Gasteiger partial charge in [-0.05, 0) is 13.3 Å². The van der Waals surface area contributed by atoms with Crippen LogP contribution in [-0.2, 0) is 14.4 Å². The highest BCUT2D eigenvalue weighted by molar-refractivity contribution is 6.05. The second kappa shape index (κ2) is 4.55. The molecule has 18 heavy (non-hydrogen) atoms. The van der Waals surface area contributed by atoms with Gasteiger partial charge in [0.15, 0.2) is 0 Å². The molecule has 0 aromatic carbocycles. The molecule has 98 valence electrons. The van der Waals surface area contributed by atoms with Gasteiger partial charge in [0.2, 0.25) is 17.7 Å². The summed E-state index contributed by atoms with van der Waals surface area (Å²) >= 11 is 0. The lowest BCUT2D eigenvalue weighted by atomic mass is 9.80. The normalized spacial score (nSPS) is 30.6. The van der Waals surface area contributed by atoms with Crippen molar-refractivity contribution in [2.75, 3.05) is 13.6 Å². The van der Waals surface area contributed by atoms with Crippen molar-refractivity contribution >= 4 is 17.7 Å². The quantitative estimate of drug-likeness (QED) is 0.527. The Labute approximate surface area is 106 Å². The zero-order valence-corrected chi connectivity index (χ0v) is 10.9. The van der Waals surface area contributed by atoms with Gasteiger partial charge in [-0.25, -0.2) is 0 Å². The molecular weight excluding hydrogens is 232 g/mol. The van der Waals surface area contributed by atoms with E-state index in [4.69, 9.17) is 0 Å². The van der Waals surface area contributed by atoms with Gasteiger partial charge >= 0.3 is 0 Å². The number of imide groups is 1. The van der Waals surface area contributed by atoms with Gasteiger partial charge in [-0.1, -0.05) is 12.2 Å². The smallest absolute Gasteiger partial charge is 0.235 e. The molecule has 2 aliphatic rings. The molecule has 0 unspecified atom stereocenters. The van der Waals surface area contributed by atoms with Gasteiger partial charge in [-0.3, -0.25) is 19.3 Å². The molecular formula is C13H18N2O3. The molecule has 3 atom stereocenters. The van der Waals surface area contributed by atoms with Crippen LogP contribution in [0, 0.1) is 11.8 Å². The zero-order valence-electron chi connectivity index (χ0n) is 10.9. The van der Waals surface area contributed by atoms with E-state index in [2.05, 4.69) is 0 Å². The van der Waals surface area contributed by atoms with Crippen LogP contribution in [0.4, 0.5) is 0 Å². The molecule has 5 heteroatoms. The molecule has 1 aliphatic carbocycles. The molecule has 2 rings (SSSR count). The van der Waals surface area contributed by atoms with Crippen molar-refractivity contribution in [2.24, 2.45) is 11.8 Å². The molecule has 1 saturated heterocycles. The van der Waals surface area contributed by atoms with Crippen LogP contribution in [0.15, 0.2) is 12.2 Å². The lowest BCUT2D eigenvalue weighted by Gasteiger charge is -2.35. The molecule has 1 heterocycles. The predicted molar refractivity (Wildman–Crippen MR) is 65.4 cm³/mol. The van der Waals surface area contributed by atoms with E-state index >= 15 is 0 Å². The van der Waals surface area contributed by atoms with Gasteiger partial charge < -0.3 is 4.90 Å². The van der Waals surface area contributed by atoms with Crippen molar-refractivity contribution in [3.63, 3.8) is 0 Å². The van der Waals surface area contributed by atoms with E-state index in [9.17, 15) is 14.4 Å². The van der Waals surface area contributed by atoms with Crippen molar-refractivity contribution in [3.8, 4) is 0 Å². The van der Waals surface area contributed by atoms with Crippen LogP contribution in [0.3, 0.4) is 0 Å². The maximum atomic E-state index is 12.1. The number of hydrogen-bond donors (Lipinski definition) is 0. The average Bonchev–Trinajstić information content (AvgIpc) is 2.56. The van der Waals surface area contributed by atoms with Gasteiger partial charge in [0.25, 0.3) is 0 Å². The van der Waals surface area contributed by atoms with Crippen LogP contribution < -0.4 is 0 Å². The minimum absolute atomic E-state index is 0.0670. The van der Waals surface area contributed by atoms with Crippen LogP contribution >= 0.6 is 0 Å². The minimum atomic E-state index is -0.406. The van der Waals surface area contributed by atoms with Gasteiger partial charge in [0.1, 0.15) is 0 Å². The van der Waals surface area contributed by atoms with E-state index in [0.717, 1.165) is 0 Å².